The largest absolute Gasteiger partial charge is 0.372 e. The first-order valence-electron chi connectivity index (χ1n) is 14.2. The molecule has 0 saturated carbocycles. The molecule has 4 heteroatoms. The molecule has 2 rings (SSSR count). The molecule has 2 atom stereocenters. The summed E-state index contributed by atoms with van der Waals surface area (Å²) in [6.07, 6.45) is 22.8. The minimum atomic E-state index is 0.509. The van der Waals surface area contributed by atoms with Crippen molar-refractivity contribution in [2.24, 2.45) is 0 Å². The number of unbranched alkanes of at least 4 members (excludes halogenated alkanes) is 11. The topological polar surface area (TPSA) is 18.5 Å². The predicted molar refractivity (Wildman–Crippen MR) is 137 cm³/mol. The summed E-state index contributed by atoms with van der Waals surface area (Å²) in [7, 11) is 9.35. The fraction of sp³-hybridized carbons (Fsp3) is 1.00. The van der Waals surface area contributed by atoms with Crippen LogP contribution in [0.5, 0.6) is 0 Å². The summed E-state index contributed by atoms with van der Waals surface area (Å²) < 4.78 is 14.6. The molecule has 2 aliphatic rings. The molecule has 2 saturated heterocycles. The van der Waals surface area contributed by atoms with Gasteiger partial charge in [-0.25, -0.2) is 0 Å². The first-order chi connectivity index (χ1) is 15.4. The van der Waals surface area contributed by atoms with Crippen LogP contribution in [0.25, 0.3) is 0 Å². The molecule has 190 valence electrons. The summed E-state index contributed by atoms with van der Waals surface area (Å²) >= 11 is 0. The highest BCUT2D eigenvalue weighted by Crippen LogP contribution is 2.19. The van der Waals surface area contributed by atoms with Gasteiger partial charge in [-0.1, -0.05) is 64.2 Å². The Kier molecular flexibility index (Phi) is 13.8. The predicted octanol–water partition coefficient (Wildman–Crippen LogP) is 6.18. The first-order valence-corrected chi connectivity index (χ1v) is 14.2. The highest BCUT2D eigenvalue weighted by molar-refractivity contribution is 4.64. The Hall–Kier alpha value is -0.160. The standard InChI is InChI=1S/C28H58N2O2/c1-29(2)21-17-19-27(25-29)31-23-15-13-11-9-7-5-6-8-10-12-14-16-24-32-28-20-18-22-30(3,4)26-28/h27-28H,5-26H2,1-4H3/q+2/t27-,28+. The van der Waals surface area contributed by atoms with Crippen molar-refractivity contribution in [2.45, 2.75) is 115 Å². The Bertz CT molecular complexity index is 424. The maximum absolute atomic E-state index is 6.14. The van der Waals surface area contributed by atoms with Crippen molar-refractivity contribution in [1.82, 2.24) is 0 Å². The number of likely N-dealkylation sites (tertiary alicyclic amines) is 2. The molecular formula is C28H58N2O2+2. The molecule has 0 aromatic carbocycles. The lowest BCUT2D eigenvalue weighted by Gasteiger charge is -2.37. The van der Waals surface area contributed by atoms with Crippen molar-refractivity contribution in [1.29, 1.82) is 0 Å². The third-order valence-corrected chi connectivity index (χ3v) is 7.72. The fourth-order valence-corrected chi connectivity index (χ4v) is 5.71. The van der Waals surface area contributed by atoms with Gasteiger partial charge in [-0.3, -0.25) is 0 Å². The number of rotatable bonds is 17. The van der Waals surface area contributed by atoms with Crippen LogP contribution >= 0.6 is 0 Å². The van der Waals surface area contributed by atoms with Crippen LogP contribution in [0.2, 0.25) is 0 Å². The van der Waals surface area contributed by atoms with Gasteiger partial charge < -0.3 is 18.4 Å². The summed E-state index contributed by atoms with van der Waals surface area (Å²) in [5.74, 6) is 0. The summed E-state index contributed by atoms with van der Waals surface area (Å²) in [6.45, 7) is 6.99. The smallest absolute Gasteiger partial charge is 0.107 e. The van der Waals surface area contributed by atoms with Gasteiger partial charge in [0.15, 0.2) is 0 Å². The maximum atomic E-state index is 6.14. The maximum Gasteiger partial charge on any atom is 0.107 e. The number of quaternary nitrogens is 2. The number of hydrogen-bond donors (Lipinski definition) is 0. The minimum Gasteiger partial charge on any atom is -0.372 e. The molecule has 0 aliphatic carbocycles. The van der Waals surface area contributed by atoms with Crippen molar-refractivity contribution < 1.29 is 18.4 Å². The Labute approximate surface area is 201 Å². The van der Waals surface area contributed by atoms with Crippen LogP contribution in [0.15, 0.2) is 0 Å². The normalized spacial score (nSPS) is 25.1. The van der Waals surface area contributed by atoms with Gasteiger partial charge in [0, 0.05) is 13.2 Å². The zero-order valence-corrected chi connectivity index (χ0v) is 22.4. The summed E-state index contributed by atoms with van der Waals surface area (Å²) in [5.41, 5.74) is 0. The summed E-state index contributed by atoms with van der Waals surface area (Å²) in [6, 6.07) is 0. The SMILES string of the molecule is C[N+]1(C)CCC[C@@H](OCCCCCCCCCCCCCCO[C@H]2CCC[N+](C)(C)C2)C1. The van der Waals surface area contributed by atoms with Crippen LogP contribution in [-0.2, 0) is 9.47 Å². The van der Waals surface area contributed by atoms with E-state index in [0.717, 1.165) is 22.2 Å². The van der Waals surface area contributed by atoms with Gasteiger partial charge in [0.1, 0.15) is 25.3 Å². The van der Waals surface area contributed by atoms with Crippen molar-refractivity contribution in [3.8, 4) is 0 Å². The molecule has 2 fully saturated rings. The van der Waals surface area contributed by atoms with E-state index in [1.54, 1.807) is 0 Å². The number of likely N-dealkylation sites (N-methyl/N-ethyl adjacent to an activating group) is 2. The molecule has 2 aliphatic heterocycles. The lowest BCUT2D eigenvalue weighted by Crippen LogP contribution is -2.50. The van der Waals surface area contributed by atoms with Crippen LogP contribution in [0.3, 0.4) is 0 Å². The average Bonchev–Trinajstić information content (AvgIpc) is 2.72. The Morgan fingerprint density at radius 1 is 0.500 bits per heavy atom. The Balaban J connectivity index is 1.26. The number of ether oxygens (including phenoxy) is 2. The van der Waals surface area contributed by atoms with Gasteiger partial charge in [-0.15, -0.1) is 0 Å². The van der Waals surface area contributed by atoms with Crippen LogP contribution in [-0.4, -0.2) is 88.8 Å². The lowest BCUT2D eigenvalue weighted by atomic mass is 10.0. The monoisotopic (exact) mass is 454 g/mol. The molecule has 4 nitrogen and oxygen atoms in total. The minimum absolute atomic E-state index is 0.509. The van der Waals surface area contributed by atoms with E-state index in [-0.39, 0.29) is 0 Å². The van der Waals surface area contributed by atoms with Gasteiger partial charge in [-0.2, -0.15) is 0 Å². The summed E-state index contributed by atoms with van der Waals surface area (Å²) in [5, 5.41) is 0. The van der Waals surface area contributed by atoms with E-state index < -0.39 is 0 Å². The summed E-state index contributed by atoms with van der Waals surface area (Å²) in [4.78, 5) is 0. The Morgan fingerprint density at radius 3 is 1.12 bits per heavy atom. The molecule has 0 radical (unpaired) electrons. The molecule has 0 N–H and O–H groups in total. The second kappa shape index (κ2) is 15.7. The molecule has 0 aromatic heterocycles. The second-order valence-corrected chi connectivity index (χ2v) is 12.2. The van der Waals surface area contributed by atoms with Crippen LogP contribution in [0.1, 0.15) is 103 Å². The van der Waals surface area contributed by atoms with E-state index in [1.165, 1.54) is 129 Å². The number of hydrogen-bond acceptors (Lipinski definition) is 2. The Morgan fingerprint density at radius 2 is 0.812 bits per heavy atom. The average molecular weight is 455 g/mol. The molecule has 0 bridgehead atoms. The second-order valence-electron chi connectivity index (χ2n) is 12.2. The van der Waals surface area contributed by atoms with Crippen molar-refractivity contribution in [2.75, 3.05) is 67.6 Å². The van der Waals surface area contributed by atoms with Crippen LogP contribution in [0.4, 0.5) is 0 Å². The molecule has 0 amide bonds. The number of piperidine rings is 2. The van der Waals surface area contributed by atoms with E-state index in [4.69, 9.17) is 9.47 Å². The van der Waals surface area contributed by atoms with Crippen molar-refractivity contribution in [3.05, 3.63) is 0 Å². The third-order valence-electron chi connectivity index (χ3n) is 7.72. The molecule has 32 heavy (non-hydrogen) atoms. The zero-order valence-electron chi connectivity index (χ0n) is 22.4. The zero-order chi connectivity index (χ0) is 23.1. The lowest BCUT2D eigenvalue weighted by molar-refractivity contribution is -0.898. The van der Waals surface area contributed by atoms with Gasteiger partial charge >= 0.3 is 0 Å². The van der Waals surface area contributed by atoms with Crippen LogP contribution < -0.4 is 0 Å². The molecule has 2 heterocycles. The van der Waals surface area contributed by atoms with Gasteiger partial charge in [-0.05, 0) is 38.5 Å². The van der Waals surface area contributed by atoms with Crippen molar-refractivity contribution in [3.63, 3.8) is 0 Å². The third kappa shape index (κ3) is 13.5. The van der Waals surface area contributed by atoms with E-state index in [2.05, 4.69) is 28.2 Å². The van der Waals surface area contributed by atoms with Gasteiger partial charge in [0.05, 0.1) is 41.3 Å². The van der Waals surface area contributed by atoms with Gasteiger partial charge in [0.2, 0.25) is 0 Å². The highest BCUT2D eigenvalue weighted by Gasteiger charge is 2.28. The quantitative estimate of drug-likeness (QED) is 0.193. The van der Waals surface area contributed by atoms with E-state index in [0.29, 0.717) is 12.2 Å². The molecule has 0 spiro atoms. The molecular weight excluding hydrogens is 396 g/mol. The van der Waals surface area contributed by atoms with E-state index >= 15 is 0 Å². The fourth-order valence-electron chi connectivity index (χ4n) is 5.71. The van der Waals surface area contributed by atoms with Crippen LogP contribution in [0, 0.1) is 0 Å². The van der Waals surface area contributed by atoms with E-state index in [9.17, 15) is 0 Å². The van der Waals surface area contributed by atoms with E-state index in [1.807, 2.05) is 0 Å². The molecule has 0 aromatic rings. The number of nitrogens with zero attached hydrogens (tertiary/aromatic N) is 2. The first kappa shape index (κ1) is 28.1. The van der Waals surface area contributed by atoms with Gasteiger partial charge in [0.25, 0.3) is 0 Å². The molecule has 0 unspecified atom stereocenters. The van der Waals surface area contributed by atoms with Crippen molar-refractivity contribution >= 4 is 0 Å². The highest BCUT2D eigenvalue weighted by atomic mass is 16.5.